The molecular formula is C22H23N5O4. The van der Waals surface area contributed by atoms with Crippen LogP contribution in [0.4, 0.5) is 0 Å². The molecule has 9 nitrogen and oxygen atoms in total. The van der Waals surface area contributed by atoms with Gasteiger partial charge < -0.3 is 19.1 Å². The second kappa shape index (κ2) is 7.26. The minimum atomic E-state index is -0.466. The SMILES string of the molecule is COC(=O)[C@H]1C[C@H]2CN(C(=O)c3cnn4ccn(C)c34)CC(=O)N2[C@H]1c1ccccc1. The first-order valence-electron chi connectivity index (χ1n) is 10.2. The Balaban J connectivity index is 1.46. The molecule has 2 amide bonds. The topological polar surface area (TPSA) is 89.1 Å². The summed E-state index contributed by atoms with van der Waals surface area (Å²) in [5, 5.41) is 4.23. The molecule has 3 aromatic rings. The van der Waals surface area contributed by atoms with E-state index in [0.29, 0.717) is 24.2 Å². The Kier molecular flexibility index (Phi) is 4.53. The van der Waals surface area contributed by atoms with Gasteiger partial charge in [-0.3, -0.25) is 14.4 Å². The lowest BCUT2D eigenvalue weighted by Crippen LogP contribution is -2.55. The molecule has 3 atom stereocenters. The van der Waals surface area contributed by atoms with E-state index in [1.54, 1.807) is 20.5 Å². The van der Waals surface area contributed by atoms with Crippen molar-refractivity contribution in [1.29, 1.82) is 0 Å². The number of methoxy groups -OCH3 is 1. The average molecular weight is 421 g/mol. The van der Waals surface area contributed by atoms with Gasteiger partial charge in [0.05, 0.1) is 31.3 Å². The van der Waals surface area contributed by atoms with Gasteiger partial charge in [-0.05, 0) is 12.0 Å². The number of esters is 1. The smallest absolute Gasteiger partial charge is 0.311 e. The number of benzene rings is 1. The number of aryl methyl sites for hydroxylation is 1. The molecule has 2 aliphatic rings. The number of amides is 2. The third-order valence-electron chi connectivity index (χ3n) is 6.34. The van der Waals surface area contributed by atoms with Crippen molar-refractivity contribution in [2.45, 2.75) is 18.5 Å². The van der Waals surface area contributed by atoms with Crippen molar-refractivity contribution in [3.05, 3.63) is 60.0 Å². The van der Waals surface area contributed by atoms with Gasteiger partial charge in [-0.1, -0.05) is 30.3 Å². The summed E-state index contributed by atoms with van der Waals surface area (Å²) in [5.74, 6) is -1.20. The van der Waals surface area contributed by atoms with E-state index in [9.17, 15) is 14.4 Å². The van der Waals surface area contributed by atoms with Crippen LogP contribution in [0.3, 0.4) is 0 Å². The predicted molar refractivity (Wildman–Crippen MR) is 110 cm³/mol. The Hall–Kier alpha value is -3.62. The summed E-state index contributed by atoms with van der Waals surface area (Å²) in [5.41, 5.74) is 2.03. The van der Waals surface area contributed by atoms with Gasteiger partial charge in [0.2, 0.25) is 5.91 Å². The van der Waals surface area contributed by atoms with Crippen LogP contribution < -0.4 is 0 Å². The molecule has 0 saturated carbocycles. The summed E-state index contributed by atoms with van der Waals surface area (Å²) in [7, 11) is 3.21. The minimum Gasteiger partial charge on any atom is -0.469 e. The lowest BCUT2D eigenvalue weighted by atomic mass is 9.93. The number of nitrogens with zero attached hydrogens (tertiary/aromatic N) is 5. The van der Waals surface area contributed by atoms with Crippen molar-refractivity contribution in [1.82, 2.24) is 24.0 Å². The molecule has 4 heterocycles. The highest BCUT2D eigenvalue weighted by atomic mass is 16.5. The van der Waals surface area contributed by atoms with Crippen LogP contribution in [0, 0.1) is 5.92 Å². The minimum absolute atomic E-state index is 0.0334. The number of hydrogen-bond acceptors (Lipinski definition) is 5. The Morgan fingerprint density at radius 2 is 1.94 bits per heavy atom. The number of hydrogen-bond donors (Lipinski definition) is 0. The first kappa shape index (κ1) is 19.3. The van der Waals surface area contributed by atoms with E-state index in [2.05, 4.69) is 5.10 Å². The van der Waals surface area contributed by atoms with Crippen molar-refractivity contribution in [3.8, 4) is 0 Å². The van der Waals surface area contributed by atoms with Crippen LogP contribution in [0.15, 0.2) is 48.9 Å². The Labute approximate surface area is 178 Å². The maximum absolute atomic E-state index is 13.3. The summed E-state index contributed by atoms with van der Waals surface area (Å²) in [6, 6.07) is 8.90. The fourth-order valence-electron chi connectivity index (χ4n) is 4.99. The normalized spacial score (nSPS) is 23.3. The van der Waals surface area contributed by atoms with Crippen LogP contribution in [0.1, 0.15) is 28.4 Å². The van der Waals surface area contributed by atoms with Crippen molar-refractivity contribution in [2.24, 2.45) is 13.0 Å². The van der Waals surface area contributed by atoms with Gasteiger partial charge in [0.25, 0.3) is 5.91 Å². The van der Waals surface area contributed by atoms with Gasteiger partial charge in [-0.15, -0.1) is 0 Å². The van der Waals surface area contributed by atoms with Crippen LogP contribution >= 0.6 is 0 Å². The molecule has 5 rings (SSSR count). The maximum Gasteiger partial charge on any atom is 0.311 e. The zero-order valence-corrected chi connectivity index (χ0v) is 17.3. The van der Waals surface area contributed by atoms with Crippen LogP contribution in [0.25, 0.3) is 5.65 Å². The van der Waals surface area contributed by atoms with Crippen molar-refractivity contribution in [3.63, 3.8) is 0 Å². The van der Waals surface area contributed by atoms with Crippen LogP contribution in [0.2, 0.25) is 0 Å². The first-order valence-corrected chi connectivity index (χ1v) is 10.2. The number of fused-ring (bicyclic) bond motifs is 2. The molecule has 160 valence electrons. The molecule has 0 unspecified atom stereocenters. The van der Waals surface area contributed by atoms with E-state index in [0.717, 1.165) is 5.56 Å². The van der Waals surface area contributed by atoms with E-state index in [4.69, 9.17) is 4.74 Å². The molecule has 0 aliphatic carbocycles. The Morgan fingerprint density at radius 3 is 2.68 bits per heavy atom. The van der Waals surface area contributed by atoms with E-state index >= 15 is 0 Å². The molecule has 9 heteroatoms. The van der Waals surface area contributed by atoms with Gasteiger partial charge in [0.1, 0.15) is 17.8 Å². The first-order chi connectivity index (χ1) is 15.0. The molecule has 1 aromatic carbocycles. The second-order valence-corrected chi connectivity index (χ2v) is 8.10. The largest absolute Gasteiger partial charge is 0.469 e. The molecule has 2 saturated heterocycles. The Bertz CT molecular complexity index is 1170. The quantitative estimate of drug-likeness (QED) is 0.594. The summed E-state index contributed by atoms with van der Waals surface area (Å²) in [4.78, 5) is 42.4. The highest BCUT2D eigenvalue weighted by Crippen LogP contribution is 2.43. The molecule has 31 heavy (non-hydrogen) atoms. The van der Waals surface area contributed by atoms with Crippen LogP contribution in [-0.4, -0.2) is 68.0 Å². The highest BCUT2D eigenvalue weighted by molar-refractivity contribution is 6.02. The second-order valence-electron chi connectivity index (χ2n) is 8.10. The van der Waals surface area contributed by atoms with Gasteiger partial charge >= 0.3 is 5.97 Å². The number of piperazine rings is 1. The summed E-state index contributed by atoms with van der Waals surface area (Å²) in [6.45, 7) is 0.331. The number of aromatic nitrogens is 3. The van der Waals surface area contributed by atoms with Crippen molar-refractivity contribution < 1.29 is 19.1 Å². The summed E-state index contributed by atoms with van der Waals surface area (Å²) in [6.07, 6.45) is 5.59. The van der Waals surface area contributed by atoms with E-state index in [1.807, 2.05) is 48.1 Å². The number of carbonyl (C=O) groups is 3. The lowest BCUT2D eigenvalue weighted by Gasteiger charge is -2.40. The van der Waals surface area contributed by atoms with Crippen LogP contribution in [-0.2, 0) is 21.4 Å². The molecular weight excluding hydrogens is 398 g/mol. The van der Waals surface area contributed by atoms with Gasteiger partial charge in [-0.25, -0.2) is 4.52 Å². The molecule has 2 aliphatic heterocycles. The summed E-state index contributed by atoms with van der Waals surface area (Å²) >= 11 is 0. The fraction of sp³-hybridized carbons (Fsp3) is 0.364. The van der Waals surface area contributed by atoms with Gasteiger partial charge in [0, 0.05) is 26.0 Å². The predicted octanol–water partition coefficient (Wildman–Crippen LogP) is 1.26. The number of ether oxygens (including phenoxy) is 1. The molecule has 0 spiro atoms. The zero-order valence-electron chi connectivity index (χ0n) is 17.3. The Morgan fingerprint density at radius 1 is 1.16 bits per heavy atom. The zero-order chi connectivity index (χ0) is 21.7. The standard InChI is InChI=1S/C22H23N5O4/c1-24-8-9-26-20(24)17(11-23-26)21(29)25-12-15-10-16(22(30)31-2)19(27(15)18(28)13-25)14-6-4-3-5-7-14/h3-9,11,15-16,19H,10,12-13H2,1-2H3/t15-,16-,19-/m0/s1. The van der Waals surface area contributed by atoms with Crippen molar-refractivity contribution in [2.75, 3.05) is 20.2 Å². The van der Waals surface area contributed by atoms with E-state index in [-0.39, 0.29) is 36.4 Å². The fourth-order valence-corrected chi connectivity index (χ4v) is 4.99. The number of rotatable bonds is 3. The van der Waals surface area contributed by atoms with Crippen molar-refractivity contribution >= 4 is 23.4 Å². The van der Waals surface area contributed by atoms with E-state index < -0.39 is 5.92 Å². The monoisotopic (exact) mass is 421 g/mol. The van der Waals surface area contributed by atoms with Gasteiger partial charge in [0.15, 0.2) is 0 Å². The van der Waals surface area contributed by atoms with E-state index in [1.165, 1.54) is 13.3 Å². The van der Waals surface area contributed by atoms with Crippen LogP contribution in [0.5, 0.6) is 0 Å². The molecule has 0 N–H and O–H groups in total. The maximum atomic E-state index is 13.3. The lowest BCUT2D eigenvalue weighted by molar-refractivity contribution is -0.147. The number of imidazole rings is 1. The third-order valence-corrected chi connectivity index (χ3v) is 6.34. The molecule has 0 bridgehead atoms. The molecule has 2 fully saturated rings. The van der Waals surface area contributed by atoms with Gasteiger partial charge in [-0.2, -0.15) is 5.10 Å². The molecule has 0 radical (unpaired) electrons. The third kappa shape index (κ3) is 2.99. The number of carbonyl (C=O) groups excluding carboxylic acids is 3. The molecule has 2 aromatic heterocycles. The average Bonchev–Trinajstić information content (AvgIpc) is 3.48. The summed E-state index contributed by atoms with van der Waals surface area (Å²) < 4.78 is 8.51. The highest BCUT2D eigenvalue weighted by Gasteiger charge is 2.51.